The Hall–Kier alpha value is -2.81. The number of carbonyl (C=O) groups is 1. The molecule has 1 amide bonds. The Bertz CT molecular complexity index is 1220. The standard InChI is InChI=1S/C30H33NO2/c1-2-31-29(33)26-6-5-22-14-23(3-4-24(22)15-26)25-7-8-28(32)27(16-25)30-10-9-19-11-20(17-30)13-21(12-19)18-30/h3-8,14-16,19-21,32H,2,9-13,17-18H2,1H3,(H,31,33). The molecule has 4 aliphatic rings. The smallest absolute Gasteiger partial charge is 0.251 e. The first-order valence-electron chi connectivity index (χ1n) is 12.7. The fourth-order valence-electron chi connectivity index (χ4n) is 7.47. The van der Waals surface area contributed by atoms with Crippen LogP contribution in [-0.4, -0.2) is 17.6 Å². The molecule has 0 spiro atoms. The third-order valence-corrected chi connectivity index (χ3v) is 8.73. The van der Waals surface area contributed by atoms with Crippen LogP contribution in [0.4, 0.5) is 0 Å². The van der Waals surface area contributed by atoms with E-state index in [4.69, 9.17) is 0 Å². The summed E-state index contributed by atoms with van der Waals surface area (Å²) in [6.07, 6.45) is 9.25. The van der Waals surface area contributed by atoms with Crippen LogP contribution in [0.15, 0.2) is 54.6 Å². The number of rotatable bonds is 4. The molecule has 4 bridgehead atoms. The lowest BCUT2D eigenvalue weighted by molar-refractivity contribution is 0.0956. The first-order valence-corrected chi connectivity index (χ1v) is 12.7. The largest absolute Gasteiger partial charge is 0.508 e. The van der Waals surface area contributed by atoms with Crippen molar-refractivity contribution in [1.29, 1.82) is 0 Å². The quantitative estimate of drug-likeness (QED) is 0.469. The van der Waals surface area contributed by atoms with Gasteiger partial charge in [-0.25, -0.2) is 0 Å². The summed E-state index contributed by atoms with van der Waals surface area (Å²) in [5, 5.41) is 16.1. The van der Waals surface area contributed by atoms with Gasteiger partial charge in [0, 0.05) is 17.7 Å². The molecule has 0 saturated heterocycles. The van der Waals surface area contributed by atoms with Crippen molar-refractivity contribution in [3.8, 4) is 16.9 Å². The van der Waals surface area contributed by atoms with Crippen LogP contribution >= 0.6 is 0 Å². The third-order valence-electron chi connectivity index (χ3n) is 8.73. The minimum Gasteiger partial charge on any atom is -0.508 e. The summed E-state index contributed by atoms with van der Waals surface area (Å²) >= 11 is 0. The predicted octanol–water partition coefficient (Wildman–Crippen LogP) is 6.82. The Morgan fingerprint density at radius 3 is 2.36 bits per heavy atom. The number of fused-ring (bicyclic) bond motifs is 2. The minimum absolute atomic E-state index is 0.0296. The molecule has 2 atom stereocenters. The molecule has 3 nitrogen and oxygen atoms in total. The topological polar surface area (TPSA) is 49.3 Å². The molecule has 3 heteroatoms. The number of phenolic OH excluding ortho intramolecular Hbond substituents is 1. The molecule has 0 aromatic heterocycles. The molecular weight excluding hydrogens is 406 g/mol. The molecule has 7 rings (SSSR count). The average Bonchev–Trinajstić information content (AvgIpc) is 3.02. The van der Waals surface area contributed by atoms with Crippen LogP contribution in [0.25, 0.3) is 21.9 Å². The molecule has 2 N–H and O–H groups in total. The van der Waals surface area contributed by atoms with E-state index in [-0.39, 0.29) is 11.3 Å². The Morgan fingerprint density at radius 2 is 1.58 bits per heavy atom. The van der Waals surface area contributed by atoms with Gasteiger partial charge >= 0.3 is 0 Å². The lowest BCUT2D eigenvalue weighted by Crippen LogP contribution is -2.37. The maximum atomic E-state index is 12.2. The van der Waals surface area contributed by atoms with Gasteiger partial charge in [-0.15, -0.1) is 0 Å². The summed E-state index contributed by atoms with van der Waals surface area (Å²) in [4.78, 5) is 12.2. The molecule has 4 aliphatic carbocycles. The Labute approximate surface area is 196 Å². The second kappa shape index (κ2) is 7.90. The Kier molecular flexibility index (Phi) is 4.97. The number of phenols is 1. The van der Waals surface area contributed by atoms with Crippen LogP contribution < -0.4 is 5.32 Å². The van der Waals surface area contributed by atoms with Crippen LogP contribution in [0.2, 0.25) is 0 Å². The molecule has 3 aromatic rings. The maximum absolute atomic E-state index is 12.2. The molecular formula is C30H33NO2. The van der Waals surface area contributed by atoms with E-state index in [1.54, 1.807) is 0 Å². The number of amides is 1. The van der Waals surface area contributed by atoms with Crippen LogP contribution in [0.5, 0.6) is 5.75 Å². The van der Waals surface area contributed by atoms with Gasteiger partial charge in [-0.2, -0.15) is 0 Å². The summed E-state index contributed by atoms with van der Waals surface area (Å²) in [6.45, 7) is 2.56. The van der Waals surface area contributed by atoms with E-state index >= 15 is 0 Å². The monoisotopic (exact) mass is 439 g/mol. The molecule has 0 radical (unpaired) electrons. The average molecular weight is 440 g/mol. The van der Waals surface area contributed by atoms with E-state index in [0.29, 0.717) is 17.9 Å². The molecule has 4 fully saturated rings. The van der Waals surface area contributed by atoms with Crippen LogP contribution in [0.3, 0.4) is 0 Å². The van der Waals surface area contributed by atoms with Gasteiger partial charge in [-0.1, -0.05) is 24.3 Å². The van der Waals surface area contributed by atoms with Gasteiger partial charge in [0.15, 0.2) is 0 Å². The van der Waals surface area contributed by atoms with Gasteiger partial charge in [0.2, 0.25) is 0 Å². The first kappa shape index (κ1) is 20.8. The van der Waals surface area contributed by atoms with Crippen LogP contribution in [-0.2, 0) is 5.41 Å². The Balaban J connectivity index is 1.37. The lowest BCUT2D eigenvalue weighted by atomic mass is 9.59. The van der Waals surface area contributed by atoms with Crippen molar-refractivity contribution >= 4 is 16.7 Å². The van der Waals surface area contributed by atoms with Gasteiger partial charge in [0.25, 0.3) is 5.91 Å². The summed E-state index contributed by atoms with van der Waals surface area (Å²) < 4.78 is 0. The lowest BCUT2D eigenvalue weighted by Gasteiger charge is -2.46. The fraction of sp³-hybridized carbons (Fsp3) is 0.433. The van der Waals surface area contributed by atoms with Gasteiger partial charge in [0.1, 0.15) is 5.75 Å². The second-order valence-electron chi connectivity index (χ2n) is 10.9. The van der Waals surface area contributed by atoms with E-state index in [2.05, 4.69) is 35.6 Å². The number of hydrogen-bond acceptors (Lipinski definition) is 2. The second-order valence-corrected chi connectivity index (χ2v) is 10.9. The van der Waals surface area contributed by atoms with Gasteiger partial charge in [0.05, 0.1) is 0 Å². The van der Waals surface area contributed by atoms with Gasteiger partial charge in [-0.05, 0) is 127 Å². The van der Waals surface area contributed by atoms with Gasteiger partial charge in [-0.3, -0.25) is 4.79 Å². The zero-order valence-corrected chi connectivity index (χ0v) is 19.4. The molecule has 0 aliphatic heterocycles. The first-order chi connectivity index (χ1) is 16.0. The molecule has 33 heavy (non-hydrogen) atoms. The summed E-state index contributed by atoms with van der Waals surface area (Å²) in [5.74, 6) is 3.04. The summed E-state index contributed by atoms with van der Waals surface area (Å²) in [6, 6.07) is 18.6. The summed E-state index contributed by atoms with van der Waals surface area (Å²) in [5.41, 5.74) is 4.37. The molecule has 2 unspecified atom stereocenters. The molecule has 170 valence electrons. The van der Waals surface area contributed by atoms with E-state index in [1.165, 1.54) is 56.1 Å². The summed E-state index contributed by atoms with van der Waals surface area (Å²) in [7, 11) is 0. The highest BCUT2D eigenvalue weighted by Crippen LogP contribution is 2.59. The minimum atomic E-state index is -0.0296. The van der Waals surface area contributed by atoms with Crippen molar-refractivity contribution in [2.24, 2.45) is 17.8 Å². The van der Waals surface area contributed by atoms with Crippen molar-refractivity contribution in [2.75, 3.05) is 6.54 Å². The number of hydrogen-bond donors (Lipinski definition) is 2. The number of aromatic hydroxyl groups is 1. The normalized spacial score (nSPS) is 28.1. The van der Waals surface area contributed by atoms with E-state index < -0.39 is 0 Å². The molecule has 3 aromatic carbocycles. The Morgan fingerprint density at radius 1 is 0.909 bits per heavy atom. The maximum Gasteiger partial charge on any atom is 0.251 e. The predicted molar refractivity (Wildman–Crippen MR) is 134 cm³/mol. The fourth-order valence-corrected chi connectivity index (χ4v) is 7.47. The van der Waals surface area contributed by atoms with Gasteiger partial charge < -0.3 is 10.4 Å². The van der Waals surface area contributed by atoms with Crippen molar-refractivity contribution in [2.45, 2.75) is 57.3 Å². The number of benzene rings is 3. The molecule has 4 saturated carbocycles. The third kappa shape index (κ3) is 3.62. The van der Waals surface area contributed by atoms with E-state index in [1.807, 2.05) is 31.2 Å². The van der Waals surface area contributed by atoms with E-state index in [9.17, 15) is 9.90 Å². The van der Waals surface area contributed by atoms with Crippen LogP contribution in [0, 0.1) is 17.8 Å². The SMILES string of the molecule is CCNC(=O)c1ccc2cc(-c3ccc(O)c(C45CCC6CC(CC(C6)C4)C5)c3)ccc2c1. The van der Waals surface area contributed by atoms with Crippen LogP contribution in [0.1, 0.15) is 67.8 Å². The number of nitrogens with one attached hydrogen (secondary N) is 1. The van der Waals surface area contributed by atoms with Crippen molar-refractivity contribution in [1.82, 2.24) is 5.32 Å². The van der Waals surface area contributed by atoms with Crippen molar-refractivity contribution in [3.05, 3.63) is 65.7 Å². The molecule has 0 heterocycles. The highest BCUT2D eigenvalue weighted by molar-refractivity contribution is 5.99. The zero-order chi connectivity index (χ0) is 22.6. The van der Waals surface area contributed by atoms with E-state index in [0.717, 1.165) is 34.1 Å². The zero-order valence-electron chi connectivity index (χ0n) is 19.4. The van der Waals surface area contributed by atoms with Crippen molar-refractivity contribution in [3.63, 3.8) is 0 Å². The highest BCUT2D eigenvalue weighted by atomic mass is 16.3. The number of carbonyl (C=O) groups excluding carboxylic acids is 1. The highest BCUT2D eigenvalue weighted by Gasteiger charge is 2.49. The van der Waals surface area contributed by atoms with Crippen molar-refractivity contribution < 1.29 is 9.90 Å².